The predicted octanol–water partition coefficient (Wildman–Crippen LogP) is 3.17. The zero-order valence-corrected chi connectivity index (χ0v) is 13.3. The summed E-state index contributed by atoms with van der Waals surface area (Å²) < 4.78 is 20.3. The molecule has 124 valence electrons. The lowest BCUT2D eigenvalue weighted by atomic mass is 10.1. The van der Waals surface area contributed by atoms with Crippen LogP contribution in [0, 0.1) is 5.82 Å². The fraction of sp³-hybridized carbons (Fsp3) is 0.222. The number of carbonyl (C=O) groups is 1. The molecule has 1 amide bonds. The summed E-state index contributed by atoms with van der Waals surface area (Å²) in [6.45, 7) is 3.30. The zero-order chi connectivity index (χ0) is 17.3. The fourth-order valence-electron chi connectivity index (χ4n) is 2.71. The number of nitrogens with zero attached hydrogens (tertiary/aromatic N) is 1. The van der Waals surface area contributed by atoms with Crippen LogP contribution in [0.5, 0.6) is 0 Å². The summed E-state index contributed by atoms with van der Waals surface area (Å²) in [5, 5.41) is 2.74. The highest BCUT2D eigenvalue weighted by Gasteiger charge is 2.23. The molecule has 1 aromatic heterocycles. The van der Waals surface area contributed by atoms with Crippen LogP contribution in [0.4, 0.5) is 4.39 Å². The Hall–Kier alpha value is -2.89. The molecule has 2 aromatic carbocycles. The SMILES string of the molecule is C[C@@H](NC(=O)[C@H](C)n1c(=O)oc2ccccc21)c1ccccc1F. The Morgan fingerprint density at radius 1 is 1.12 bits per heavy atom. The van der Waals surface area contributed by atoms with Crippen molar-refractivity contribution in [1.82, 2.24) is 9.88 Å². The highest BCUT2D eigenvalue weighted by atomic mass is 19.1. The molecular formula is C18H17FN2O3. The molecule has 5 nitrogen and oxygen atoms in total. The number of rotatable bonds is 4. The van der Waals surface area contributed by atoms with Gasteiger partial charge in [-0.05, 0) is 32.0 Å². The molecule has 3 rings (SSSR count). The number of aromatic nitrogens is 1. The Bertz CT molecular complexity index is 945. The number of hydrogen-bond donors (Lipinski definition) is 1. The quantitative estimate of drug-likeness (QED) is 0.800. The van der Waals surface area contributed by atoms with Crippen LogP contribution in [0.2, 0.25) is 0 Å². The van der Waals surface area contributed by atoms with E-state index < -0.39 is 17.8 Å². The molecule has 0 radical (unpaired) electrons. The molecule has 1 N–H and O–H groups in total. The number of amides is 1. The monoisotopic (exact) mass is 328 g/mol. The summed E-state index contributed by atoms with van der Waals surface area (Å²) >= 11 is 0. The molecule has 0 aliphatic carbocycles. The molecule has 0 aliphatic rings. The lowest BCUT2D eigenvalue weighted by Crippen LogP contribution is -2.36. The molecule has 0 unspecified atom stereocenters. The zero-order valence-electron chi connectivity index (χ0n) is 13.3. The van der Waals surface area contributed by atoms with Crippen LogP contribution >= 0.6 is 0 Å². The second-order valence-electron chi connectivity index (χ2n) is 5.63. The van der Waals surface area contributed by atoms with Crippen LogP contribution in [0.3, 0.4) is 0 Å². The minimum absolute atomic E-state index is 0.385. The van der Waals surface area contributed by atoms with E-state index >= 15 is 0 Å². The van der Waals surface area contributed by atoms with Gasteiger partial charge in [-0.25, -0.2) is 9.18 Å². The summed E-state index contributed by atoms with van der Waals surface area (Å²) in [6, 6.07) is 11.8. The van der Waals surface area contributed by atoms with Gasteiger partial charge in [0.15, 0.2) is 5.58 Å². The van der Waals surface area contributed by atoms with Gasteiger partial charge in [-0.1, -0.05) is 30.3 Å². The highest BCUT2D eigenvalue weighted by Crippen LogP contribution is 2.19. The third-order valence-electron chi connectivity index (χ3n) is 4.02. The number of fused-ring (bicyclic) bond motifs is 1. The molecule has 0 fully saturated rings. The molecule has 0 saturated carbocycles. The lowest BCUT2D eigenvalue weighted by molar-refractivity contribution is -0.124. The number of hydrogen-bond acceptors (Lipinski definition) is 3. The molecule has 3 aromatic rings. The van der Waals surface area contributed by atoms with E-state index in [2.05, 4.69) is 5.32 Å². The number of oxazole rings is 1. The second-order valence-corrected chi connectivity index (χ2v) is 5.63. The summed E-state index contributed by atoms with van der Waals surface area (Å²) in [5.41, 5.74) is 1.36. The highest BCUT2D eigenvalue weighted by molar-refractivity contribution is 5.83. The lowest BCUT2D eigenvalue weighted by Gasteiger charge is -2.19. The molecule has 0 bridgehead atoms. The van der Waals surface area contributed by atoms with Gasteiger partial charge in [0.2, 0.25) is 5.91 Å². The van der Waals surface area contributed by atoms with Crippen LogP contribution in [0.15, 0.2) is 57.7 Å². The molecule has 24 heavy (non-hydrogen) atoms. The molecule has 0 saturated heterocycles. The topological polar surface area (TPSA) is 64.2 Å². The van der Waals surface area contributed by atoms with Crippen molar-refractivity contribution in [3.05, 3.63) is 70.5 Å². The van der Waals surface area contributed by atoms with Crippen molar-refractivity contribution >= 4 is 17.0 Å². The predicted molar refractivity (Wildman–Crippen MR) is 88.1 cm³/mol. The van der Waals surface area contributed by atoms with E-state index in [1.807, 2.05) is 0 Å². The first-order chi connectivity index (χ1) is 11.5. The van der Waals surface area contributed by atoms with Gasteiger partial charge in [-0.15, -0.1) is 0 Å². The third-order valence-corrected chi connectivity index (χ3v) is 4.02. The molecule has 6 heteroatoms. The van der Waals surface area contributed by atoms with Crippen molar-refractivity contribution < 1.29 is 13.6 Å². The Balaban J connectivity index is 1.86. The summed E-state index contributed by atoms with van der Waals surface area (Å²) in [6.07, 6.45) is 0. The van der Waals surface area contributed by atoms with Crippen molar-refractivity contribution in [3.63, 3.8) is 0 Å². The summed E-state index contributed by atoms with van der Waals surface area (Å²) in [5.74, 6) is -1.37. The molecule has 0 aliphatic heterocycles. The number of halogens is 1. The third kappa shape index (κ3) is 2.82. The van der Waals surface area contributed by atoms with Gasteiger partial charge in [0.25, 0.3) is 0 Å². The van der Waals surface area contributed by atoms with Crippen molar-refractivity contribution in [2.24, 2.45) is 0 Å². The van der Waals surface area contributed by atoms with E-state index in [0.717, 1.165) is 0 Å². The Morgan fingerprint density at radius 2 is 1.79 bits per heavy atom. The smallest absolute Gasteiger partial charge is 0.408 e. The van der Waals surface area contributed by atoms with E-state index in [0.29, 0.717) is 16.7 Å². The maximum atomic E-state index is 13.8. The minimum atomic E-state index is -0.782. The standard InChI is InChI=1S/C18H17FN2O3/c1-11(13-7-3-4-8-14(13)19)20-17(22)12(2)21-15-9-5-6-10-16(15)24-18(21)23/h3-12H,1-2H3,(H,20,22)/t11-,12+/m1/s1. The minimum Gasteiger partial charge on any atom is -0.408 e. The van der Waals surface area contributed by atoms with Gasteiger partial charge in [0.05, 0.1) is 11.6 Å². The first-order valence-electron chi connectivity index (χ1n) is 7.64. The number of benzene rings is 2. The number of para-hydroxylation sites is 2. The maximum Gasteiger partial charge on any atom is 0.420 e. The van der Waals surface area contributed by atoms with Gasteiger partial charge in [-0.3, -0.25) is 9.36 Å². The van der Waals surface area contributed by atoms with Crippen LogP contribution in [-0.2, 0) is 4.79 Å². The van der Waals surface area contributed by atoms with Crippen molar-refractivity contribution in [1.29, 1.82) is 0 Å². The summed E-state index contributed by atoms with van der Waals surface area (Å²) in [4.78, 5) is 24.5. The maximum absolute atomic E-state index is 13.8. The van der Waals surface area contributed by atoms with Gasteiger partial charge in [-0.2, -0.15) is 0 Å². The van der Waals surface area contributed by atoms with E-state index in [1.165, 1.54) is 10.6 Å². The number of nitrogens with one attached hydrogen (secondary N) is 1. The first kappa shape index (κ1) is 16.0. The average molecular weight is 328 g/mol. The van der Waals surface area contributed by atoms with Crippen molar-refractivity contribution in [2.45, 2.75) is 25.9 Å². The van der Waals surface area contributed by atoms with Crippen LogP contribution in [-0.4, -0.2) is 10.5 Å². The molecule has 0 spiro atoms. The van der Waals surface area contributed by atoms with E-state index in [9.17, 15) is 14.0 Å². The van der Waals surface area contributed by atoms with E-state index in [-0.39, 0.29) is 11.7 Å². The first-order valence-corrected chi connectivity index (χ1v) is 7.64. The second kappa shape index (κ2) is 6.31. The normalized spacial score (nSPS) is 13.6. The van der Waals surface area contributed by atoms with Gasteiger partial charge < -0.3 is 9.73 Å². The molecule has 2 atom stereocenters. The Labute approximate surface area is 137 Å². The fourth-order valence-corrected chi connectivity index (χ4v) is 2.71. The largest absolute Gasteiger partial charge is 0.420 e. The van der Waals surface area contributed by atoms with Crippen molar-refractivity contribution in [3.8, 4) is 0 Å². The van der Waals surface area contributed by atoms with E-state index in [1.54, 1.807) is 56.3 Å². The van der Waals surface area contributed by atoms with Gasteiger partial charge in [0.1, 0.15) is 11.9 Å². The van der Waals surface area contributed by atoms with Crippen LogP contribution < -0.4 is 11.1 Å². The Kier molecular flexibility index (Phi) is 4.20. The average Bonchev–Trinajstić information content (AvgIpc) is 2.90. The van der Waals surface area contributed by atoms with Crippen LogP contribution in [0.1, 0.15) is 31.5 Å². The molecule has 1 heterocycles. The summed E-state index contributed by atoms with van der Waals surface area (Å²) in [7, 11) is 0. The van der Waals surface area contributed by atoms with E-state index in [4.69, 9.17) is 4.42 Å². The molecular weight excluding hydrogens is 311 g/mol. The van der Waals surface area contributed by atoms with Crippen LogP contribution in [0.25, 0.3) is 11.1 Å². The Morgan fingerprint density at radius 3 is 2.54 bits per heavy atom. The van der Waals surface area contributed by atoms with Gasteiger partial charge in [0, 0.05) is 5.56 Å². The van der Waals surface area contributed by atoms with Gasteiger partial charge >= 0.3 is 5.76 Å². The number of carbonyl (C=O) groups excluding carboxylic acids is 1. The van der Waals surface area contributed by atoms with Crippen molar-refractivity contribution in [2.75, 3.05) is 0 Å².